The van der Waals surface area contributed by atoms with E-state index in [0.29, 0.717) is 6.42 Å². The van der Waals surface area contributed by atoms with Crippen LogP contribution in [0.5, 0.6) is 0 Å². The molecule has 0 aromatic heterocycles. The van der Waals surface area contributed by atoms with Crippen LogP contribution in [0.3, 0.4) is 0 Å². The lowest BCUT2D eigenvalue weighted by Gasteiger charge is -2.16. The Morgan fingerprint density at radius 1 is 1.44 bits per heavy atom. The molecule has 0 fully saturated rings. The van der Waals surface area contributed by atoms with Crippen molar-refractivity contribution in [3.8, 4) is 0 Å². The van der Waals surface area contributed by atoms with E-state index in [9.17, 15) is 4.79 Å². The van der Waals surface area contributed by atoms with Gasteiger partial charge in [-0.1, -0.05) is 30.3 Å². The number of aliphatic hydroxyl groups is 1. The number of hydrogen-bond donors (Lipinski definition) is 2. The quantitative estimate of drug-likeness (QED) is 0.731. The average Bonchev–Trinajstić information content (AvgIpc) is 2.30. The minimum Gasteiger partial charge on any atom is -0.394 e. The van der Waals surface area contributed by atoms with Crippen LogP contribution in [0.25, 0.3) is 0 Å². The Bertz CT molecular complexity index is 313. The van der Waals surface area contributed by atoms with E-state index in [4.69, 9.17) is 9.84 Å². The topological polar surface area (TPSA) is 58.6 Å². The maximum Gasteiger partial charge on any atom is 0.246 e. The second-order valence-electron chi connectivity index (χ2n) is 3.57. The van der Waals surface area contributed by atoms with E-state index in [1.807, 2.05) is 30.3 Å². The molecule has 0 spiro atoms. The molecule has 4 nitrogen and oxygen atoms in total. The molecule has 1 amide bonds. The number of rotatable bonds is 6. The van der Waals surface area contributed by atoms with Crippen molar-refractivity contribution in [2.45, 2.75) is 12.5 Å². The number of amides is 1. The first-order chi connectivity index (χ1) is 7.76. The van der Waals surface area contributed by atoms with Gasteiger partial charge < -0.3 is 15.2 Å². The fourth-order valence-corrected chi connectivity index (χ4v) is 1.46. The first-order valence-electron chi connectivity index (χ1n) is 5.19. The molecule has 2 N–H and O–H groups in total. The minimum atomic E-state index is -0.259. The number of benzene rings is 1. The van der Waals surface area contributed by atoms with Crippen molar-refractivity contribution in [2.24, 2.45) is 0 Å². The van der Waals surface area contributed by atoms with E-state index >= 15 is 0 Å². The molecule has 16 heavy (non-hydrogen) atoms. The lowest BCUT2D eigenvalue weighted by atomic mass is 10.1. The van der Waals surface area contributed by atoms with Gasteiger partial charge in [0.25, 0.3) is 0 Å². The van der Waals surface area contributed by atoms with Crippen LogP contribution < -0.4 is 5.32 Å². The number of carbonyl (C=O) groups excluding carboxylic acids is 1. The van der Waals surface area contributed by atoms with Crippen LogP contribution in [0.2, 0.25) is 0 Å². The van der Waals surface area contributed by atoms with E-state index in [-0.39, 0.29) is 25.2 Å². The molecule has 0 aliphatic heterocycles. The summed E-state index contributed by atoms with van der Waals surface area (Å²) >= 11 is 0. The molecule has 0 bridgehead atoms. The zero-order valence-corrected chi connectivity index (χ0v) is 9.35. The van der Waals surface area contributed by atoms with Crippen molar-refractivity contribution < 1.29 is 14.6 Å². The van der Waals surface area contributed by atoms with E-state index in [2.05, 4.69) is 5.32 Å². The van der Waals surface area contributed by atoms with Gasteiger partial charge in [-0.15, -0.1) is 0 Å². The smallest absolute Gasteiger partial charge is 0.246 e. The number of nitrogens with one attached hydrogen (secondary N) is 1. The number of ether oxygens (including phenoxy) is 1. The van der Waals surface area contributed by atoms with E-state index in [0.717, 1.165) is 5.56 Å². The second kappa shape index (κ2) is 6.98. The predicted molar refractivity (Wildman–Crippen MR) is 61.0 cm³/mol. The van der Waals surface area contributed by atoms with Gasteiger partial charge in [0, 0.05) is 7.11 Å². The van der Waals surface area contributed by atoms with Gasteiger partial charge in [0.05, 0.1) is 12.6 Å². The second-order valence-corrected chi connectivity index (χ2v) is 3.57. The average molecular weight is 223 g/mol. The summed E-state index contributed by atoms with van der Waals surface area (Å²) < 4.78 is 4.71. The Kier molecular flexibility index (Phi) is 5.53. The Hall–Kier alpha value is -1.39. The summed E-state index contributed by atoms with van der Waals surface area (Å²) in [7, 11) is 1.46. The zero-order chi connectivity index (χ0) is 11.8. The summed E-state index contributed by atoms with van der Waals surface area (Å²) in [5.41, 5.74) is 1.08. The van der Waals surface area contributed by atoms with Crippen molar-refractivity contribution in [1.82, 2.24) is 5.32 Å². The molecular weight excluding hydrogens is 206 g/mol. The van der Waals surface area contributed by atoms with E-state index in [1.165, 1.54) is 7.11 Å². The highest BCUT2D eigenvalue weighted by molar-refractivity contribution is 5.77. The Balaban J connectivity index is 2.46. The summed E-state index contributed by atoms with van der Waals surface area (Å²) in [5.74, 6) is -0.211. The summed E-state index contributed by atoms with van der Waals surface area (Å²) in [6, 6.07) is 9.46. The van der Waals surface area contributed by atoms with Gasteiger partial charge in [0.2, 0.25) is 5.91 Å². The normalized spacial score (nSPS) is 12.1. The van der Waals surface area contributed by atoms with E-state index in [1.54, 1.807) is 0 Å². The van der Waals surface area contributed by atoms with Crippen molar-refractivity contribution in [3.63, 3.8) is 0 Å². The minimum absolute atomic E-state index is 0.0191. The first-order valence-corrected chi connectivity index (χ1v) is 5.19. The van der Waals surface area contributed by atoms with Crippen LogP contribution in [0.1, 0.15) is 5.56 Å². The Morgan fingerprint density at radius 2 is 2.12 bits per heavy atom. The molecule has 1 unspecified atom stereocenters. The number of methoxy groups -OCH3 is 1. The molecule has 0 heterocycles. The Morgan fingerprint density at radius 3 is 2.69 bits per heavy atom. The molecule has 88 valence electrons. The van der Waals surface area contributed by atoms with Crippen molar-refractivity contribution >= 4 is 5.91 Å². The first kappa shape index (κ1) is 12.7. The molecule has 0 saturated carbocycles. The molecule has 0 saturated heterocycles. The molecule has 1 rings (SSSR count). The predicted octanol–water partition coefficient (Wildman–Crippen LogP) is 0.353. The third kappa shape index (κ3) is 4.42. The maximum absolute atomic E-state index is 11.3. The van der Waals surface area contributed by atoms with Gasteiger partial charge in [-0.05, 0) is 12.0 Å². The highest BCUT2D eigenvalue weighted by Crippen LogP contribution is 2.02. The van der Waals surface area contributed by atoms with Gasteiger partial charge in [-0.25, -0.2) is 0 Å². The van der Waals surface area contributed by atoms with Crippen molar-refractivity contribution in [3.05, 3.63) is 35.9 Å². The third-order valence-corrected chi connectivity index (χ3v) is 2.19. The molecule has 0 radical (unpaired) electrons. The number of aliphatic hydroxyl groups excluding tert-OH is 1. The molecule has 4 heteroatoms. The van der Waals surface area contributed by atoms with Crippen LogP contribution in [-0.2, 0) is 16.0 Å². The number of carbonyl (C=O) groups is 1. The lowest BCUT2D eigenvalue weighted by molar-refractivity contribution is -0.125. The zero-order valence-electron chi connectivity index (χ0n) is 9.35. The molecule has 0 aliphatic carbocycles. The highest BCUT2D eigenvalue weighted by atomic mass is 16.5. The van der Waals surface area contributed by atoms with Crippen LogP contribution in [0.4, 0.5) is 0 Å². The molecule has 1 atom stereocenters. The number of hydrogen-bond acceptors (Lipinski definition) is 3. The Labute approximate surface area is 95.2 Å². The maximum atomic E-state index is 11.3. The summed E-state index contributed by atoms with van der Waals surface area (Å²) in [6.45, 7) is -0.0599. The summed E-state index contributed by atoms with van der Waals surface area (Å²) in [4.78, 5) is 11.3. The van der Waals surface area contributed by atoms with Gasteiger partial charge in [0.15, 0.2) is 0 Å². The largest absolute Gasteiger partial charge is 0.394 e. The molecular formula is C12H17NO3. The van der Waals surface area contributed by atoms with Crippen molar-refractivity contribution in [2.75, 3.05) is 20.3 Å². The van der Waals surface area contributed by atoms with E-state index < -0.39 is 0 Å². The summed E-state index contributed by atoms with van der Waals surface area (Å²) in [5, 5.41) is 11.9. The molecule has 1 aromatic rings. The van der Waals surface area contributed by atoms with Gasteiger partial charge in [0.1, 0.15) is 6.61 Å². The molecule has 0 aliphatic rings. The fraction of sp³-hybridized carbons (Fsp3) is 0.417. The van der Waals surface area contributed by atoms with Crippen LogP contribution in [-0.4, -0.2) is 37.4 Å². The van der Waals surface area contributed by atoms with Crippen molar-refractivity contribution in [1.29, 1.82) is 0 Å². The monoisotopic (exact) mass is 223 g/mol. The van der Waals surface area contributed by atoms with Crippen LogP contribution in [0, 0.1) is 0 Å². The highest BCUT2D eigenvalue weighted by Gasteiger charge is 2.11. The lowest BCUT2D eigenvalue weighted by Crippen LogP contribution is -2.40. The van der Waals surface area contributed by atoms with Crippen LogP contribution >= 0.6 is 0 Å². The molecule has 1 aromatic carbocycles. The standard InChI is InChI=1S/C12H17NO3/c1-16-9-12(15)13-11(8-14)7-10-5-3-2-4-6-10/h2-6,11,14H,7-9H2,1H3,(H,13,15). The van der Waals surface area contributed by atoms with Gasteiger partial charge >= 0.3 is 0 Å². The van der Waals surface area contributed by atoms with Crippen LogP contribution in [0.15, 0.2) is 30.3 Å². The third-order valence-electron chi connectivity index (χ3n) is 2.19. The fourth-order valence-electron chi connectivity index (χ4n) is 1.46. The summed E-state index contributed by atoms with van der Waals surface area (Å²) in [6.07, 6.45) is 0.618. The van der Waals surface area contributed by atoms with Gasteiger partial charge in [-0.3, -0.25) is 4.79 Å². The SMILES string of the molecule is COCC(=O)NC(CO)Cc1ccccc1. The van der Waals surface area contributed by atoms with Gasteiger partial charge in [-0.2, -0.15) is 0 Å².